The van der Waals surface area contributed by atoms with Gasteiger partial charge in [0.25, 0.3) is 5.91 Å². The van der Waals surface area contributed by atoms with Crippen molar-refractivity contribution in [3.63, 3.8) is 0 Å². The van der Waals surface area contributed by atoms with E-state index in [0.29, 0.717) is 31.2 Å². The summed E-state index contributed by atoms with van der Waals surface area (Å²) in [5.41, 5.74) is 0.644. The van der Waals surface area contributed by atoms with Crippen molar-refractivity contribution in [3.05, 3.63) is 54.2 Å². The van der Waals surface area contributed by atoms with Crippen LogP contribution < -0.4 is 0 Å². The molecule has 3 heterocycles. The van der Waals surface area contributed by atoms with Gasteiger partial charge >= 0.3 is 0 Å². The number of piperazine rings is 2. The Morgan fingerprint density at radius 3 is 2.31 bits per heavy atom. The van der Waals surface area contributed by atoms with Crippen molar-refractivity contribution in [2.45, 2.75) is 42.1 Å². The van der Waals surface area contributed by atoms with Crippen molar-refractivity contribution in [2.24, 2.45) is 5.92 Å². The molecule has 3 aliphatic rings. The Hall–Kier alpha value is -2.42. The lowest BCUT2D eigenvalue weighted by Crippen LogP contribution is -2.55. The fourth-order valence-electron chi connectivity index (χ4n) is 5.65. The summed E-state index contributed by atoms with van der Waals surface area (Å²) >= 11 is 1.52. The molecule has 36 heavy (non-hydrogen) atoms. The monoisotopic (exact) mass is 507 g/mol. The van der Waals surface area contributed by atoms with Gasteiger partial charge in [0.15, 0.2) is 0 Å². The van der Waals surface area contributed by atoms with Gasteiger partial charge in [-0.1, -0.05) is 36.9 Å². The van der Waals surface area contributed by atoms with Gasteiger partial charge in [0.2, 0.25) is 5.91 Å². The van der Waals surface area contributed by atoms with E-state index in [4.69, 9.17) is 0 Å². The number of rotatable bonds is 6. The molecule has 1 saturated carbocycles. The average molecular weight is 508 g/mol. The third kappa shape index (κ3) is 6.10. The van der Waals surface area contributed by atoms with Crippen LogP contribution in [0.2, 0.25) is 0 Å². The molecule has 8 heteroatoms. The maximum atomic E-state index is 13.3. The van der Waals surface area contributed by atoms with Crippen LogP contribution in [0.1, 0.15) is 36.5 Å². The Labute approximate surface area is 218 Å². The summed E-state index contributed by atoms with van der Waals surface area (Å²) < 4.78 is 0. The SMILES string of the molecule is CC1CCC(N2CCN(C(=O)CN3CCN(C(=O)c4cccnc4Sc4ccccc4)CC3)CC2)C1. The molecule has 0 spiro atoms. The highest BCUT2D eigenvalue weighted by Crippen LogP contribution is 2.30. The fourth-order valence-corrected chi connectivity index (χ4v) is 6.55. The quantitative estimate of drug-likeness (QED) is 0.598. The fraction of sp³-hybridized carbons (Fsp3) is 0.536. The number of nitrogens with zero attached hydrogens (tertiary/aromatic N) is 5. The minimum absolute atomic E-state index is 0.0184. The molecule has 2 unspecified atom stereocenters. The van der Waals surface area contributed by atoms with E-state index in [-0.39, 0.29) is 11.8 Å². The second-order valence-corrected chi connectivity index (χ2v) is 11.4. The number of amides is 2. The first-order valence-electron chi connectivity index (χ1n) is 13.3. The van der Waals surface area contributed by atoms with Crippen molar-refractivity contribution in [1.82, 2.24) is 24.6 Å². The van der Waals surface area contributed by atoms with Gasteiger partial charge in [-0.05, 0) is 49.4 Å². The molecule has 1 aromatic heterocycles. The standard InChI is InChI=1S/C28H37N5O2S/c1-22-9-10-23(20-22)31-16-18-32(19-17-31)26(34)21-30-12-14-33(15-13-30)28(35)25-8-5-11-29-27(25)36-24-6-3-2-4-7-24/h2-8,11,22-23H,9-10,12-21H2,1H3. The highest BCUT2D eigenvalue weighted by molar-refractivity contribution is 7.99. The molecule has 1 aliphatic carbocycles. The predicted molar refractivity (Wildman–Crippen MR) is 142 cm³/mol. The van der Waals surface area contributed by atoms with Crippen LogP contribution in [0.25, 0.3) is 0 Å². The summed E-state index contributed by atoms with van der Waals surface area (Å²) in [5.74, 6) is 1.08. The van der Waals surface area contributed by atoms with Gasteiger partial charge in [-0.3, -0.25) is 19.4 Å². The number of hydrogen-bond donors (Lipinski definition) is 0. The molecule has 2 aliphatic heterocycles. The van der Waals surface area contributed by atoms with Gasteiger partial charge in [-0.2, -0.15) is 0 Å². The molecule has 2 atom stereocenters. The Kier molecular flexibility index (Phi) is 8.24. The van der Waals surface area contributed by atoms with Gasteiger partial charge in [0.05, 0.1) is 12.1 Å². The molecular formula is C28H37N5O2S. The molecule has 2 saturated heterocycles. The van der Waals surface area contributed by atoms with Gasteiger partial charge in [-0.15, -0.1) is 0 Å². The third-order valence-corrected chi connectivity index (χ3v) is 8.85. The van der Waals surface area contributed by atoms with Crippen LogP contribution in [0.5, 0.6) is 0 Å². The van der Waals surface area contributed by atoms with Crippen LogP contribution in [-0.4, -0.2) is 101 Å². The van der Waals surface area contributed by atoms with E-state index in [2.05, 4.69) is 21.7 Å². The van der Waals surface area contributed by atoms with E-state index in [1.807, 2.05) is 52.3 Å². The van der Waals surface area contributed by atoms with Crippen LogP contribution in [0.15, 0.2) is 58.6 Å². The molecule has 2 aromatic rings. The van der Waals surface area contributed by atoms with Crippen molar-refractivity contribution in [3.8, 4) is 0 Å². The Bertz CT molecular complexity index is 1040. The number of carbonyl (C=O) groups is 2. The Morgan fingerprint density at radius 2 is 1.61 bits per heavy atom. The second kappa shape index (κ2) is 11.8. The minimum atomic E-state index is 0.0184. The number of pyridine rings is 1. The Morgan fingerprint density at radius 1 is 0.889 bits per heavy atom. The summed E-state index contributed by atoms with van der Waals surface area (Å²) in [6.07, 6.45) is 5.69. The van der Waals surface area contributed by atoms with Crippen molar-refractivity contribution < 1.29 is 9.59 Å². The number of aromatic nitrogens is 1. The maximum Gasteiger partial charge on any atom is 0.256 e. The summed E-state index contributed by atoms with van der Waals surface area (Å²) in [6, 6.07) is 14.4. The molecule has 0 radical (unpaired) electrons. The molecule has 7 nitrogen and oxygen atoms in total. The molecule has 1 aromatic carbocycles. The van der Waals surface area contributed by atoms with E-state index in [1.165, 1.54) is 31.0 Å². The molecular weight excluding hydrogens is 470 g/mol. The first-order chi connectivity index (χ1) is 17.6. The first-order valence-corrected chi connectivity index (χ1v) is 14.1. The van der Waals surface area contributed by atoms with Crippen LogP contribution >= 0.6 is 11.8 Å². The summed E-state index contributed by atoms with van der Waals surface area (Å²) in [7, 11) is 0. The normalized spacial score (nSPS) is 23.7. The highest BCUT2D eigenvalue weighted by Gasteiger charge is 2.31. The molecule has 2 amide bonds. The van der Waals surface area contributed by atoms with Crippen LogP contribution in [0, 0.1) is 5.92 Å². The molecule has 5 rings (SSSR count). The summed E-state index contributed by atoms with van der Waals surface area (Å²) in [6.45, 7) is 9.18. The van der Waals surface area contributed by atoms with Crippen LogP contribution in [0.4, 0.5) is 0 Å². The predicted octanol–water partition coefficient (Wildman–Crippen LogP) is 3.32. The average Bonchev–Trinajstić information content (AvgIpc) is 3.36. The minimum Gasteiger partial charge on any atom is -0.339 e. The summed E-state index contributed by atoms with van der Waals surface area (Å²) in [5, 5.41) is 0.734. The lowest BCUT2D eigenvalue weighted by molar-refractivity contribution is -0.134. The molecule has 192 valence electrons. The van der Waals surface area contributed by atoms with Crippen LogP contribution in [0.3, 0.4) is 0 Å². The number of benzene rings is 1. The van der Waals surface area contributed by atoms with E-state index in [0.717, 1.165) is 55.1 Å². The zero-order chi connectivity index (χ0) is 24.9. The van der Waals surface area contributed by atoms with E-state index >= 15 is 0 Å². The second-order valence-electron chi connectivity index (χ2n) is 10.3. The van der Waals surface area contributed by atoms with Crippen molar-refractivity contribution >= 4 is 23.6 Å². The zero-order valence-electron chi connectivity index (χ0n) is 21.2. The Balaban J connectivity index is 1.09. The van der Waals surface area contributed by atoms with E-state index in [1.54, 1.807) is 6.20 Å². The largest absolute Gasteiger partial charge is 0.339 e. The molecule has 0 N–H and O–H groups in total. The van der Waals surface area contributed by atoms with Crippen LogP contribution in [-0.2, 0) is 4.79 Å². The van der Waals surface area contributed by atoms with Gasteiger partial charge < -0.3 is 9.80 Å². The van der Waals surface area contributed by atoms with E-state index < -0.39 is 0 Å². The third-order valence-electron chi connectivity index (χ3n) is 7.83. The lowest BCUT2D eigenvalue weighted by Gasteiger charge is -2.40. The van der Waals surface area contributed by atoms with E-state index in [9.17, 15) is 9.59 Å². The smallest absolute Gasteiger partial charge is 0.256 e. The summed E-state index contributed by atoms with van der Waals surface area (Å²) in [4.78, 5) is 40.6. The van der Waals surface area contributed by atoms with Gasteiger partial charge in [0, 0.05) is 69.5 Å². The molecule has 3 fully saturated rings. The highest BCUT2D eigenvalue weighted by atomic mass is 32.2. The van der Waals surface area contributed by atoms with Gasteiger partial charge in [0.1, 0.15) is 5.03 Å². The zero-order valence-corrected chi connectivity index (χ0v) is 22.0. The van der Waals surface area contributed by atoms with Crippen molar-refractivity contribution in [1.29, 1.82) is 0 Å². The number of hydrogen-bond acceptors (Lipinski definition) is 6. The topological polar surface area (TPSA) is 60.0 Å². The lowest BCUT2D eigenvalue weighted by atomic mass is 10.1. The van der Waals surface area contributed by atoms with Crippen molar-refractivity contribution in [2.75, 3.05) is 58.9 Å². The maximum absolute atomic E-state index is 13.3. The molecule has 0 bridgehead atoms. The van der Waals surface area contributed by atoms with Gasteiger partial charge in [-0.25, -0.2) is 4.98 Å². The number of carbonyl (C=O) groups excluding carboxylic acids is 2. The first kappa shape index (κ1) is 25.2.